The van der Waals surface area contributed by atoms with E-state index >= 15 is 0 Å². The third kappa shape index (κ3) is 5.66. The van der Waals surface area contributed by atoms with Crippen molar-refractivity contribution in [2.75, 3.05) is 49.7 Å². The molecule has 1 fully saturated rings. The summed E-state index contributed by atoms with van der Waals surface area (Å²) in [6.45, 7) is 8.73. The Balaban J connectivity index is 1.74. The Morgan fingerprint density at radius 1 is 1.27 bits per heavy atom. The molecule has 122 valence electrons. The molecule has 0 unspecified atom stereocenters. The second-order valence-electron chi connectivity index (χ2n) is 5.91. The minimum atomic E-state index is -0.0112. The average molecular weight is 306 g/mol. The van der Waals surface area contributed by atoms with E-state index in [9.17, 15) is 4.79 Å². The molecule has 1 aliphatic heterocycles. The number of nitrogens with one attached hydrogen (secondary N) is 1. The highest BCUT2D eigenvalue weighted by Gasteiger charge is 2.11. The number of carbonyl (C=O) groups is 1. The van der Waals surface area contributed by atoms with Gasteiger partial charge in [0.15, 0.2) is 0 Å². The molecule has 5 heteroatoms. The Morgan fingerprint density at radius 3 is 2.59 bits per heavy atom. The first-order valence-electron chi connectivity index (χ1n) is 7.95. The zero-order valence-corrected chi connectivity index (χ0v) is 13.5. The first-order chi connectivity index (χ1) is 10.6. The van der Waals surface area contributed by atoms with Gasteiger partial charge in [0.1, 0.15) is 0 Å². The topological polar surface area (TPSA) is 50.8 Å². The Labute approximate surface area is 132 Å². The molecule has 5 nitrogen and oxygen atoms in total. The molecule has 0 aliphatic carbocycles. The van der Waals surface area contributed by atoms with Crippen LogP contribution in [-0.2, 0) is 14.3 Å². The molecule has 1 aliphatic rings. The monoisotopic (exact) mass is 306 g/mol. The largest absolute Gasteiger partial charge is 0.381 e. The fraction of sp³-hybridized carbons (Fsp3) is 0.588. The van der Waals surface area contributed by atoms with Crippen molar-refractivity contribution in [3.63, 3.8) is 0 Å². The number of carbonyl (C=O) groups excluding carboxylic acids is 1. The van der Waals surface area contributed by atoms with Gasteiger partial charge in [-0.3, -0.25) is 4.79 Å². The molecule has 0 saturated carbocycles. The van der Waals surface area contributed by atoms with Crippen LogP contribution >= 0.6 is 0 Å². The smallest absolute Gasteiger partial charge is 0.226 e. The van der Waals surface area contributed by atoms with Gasteiger partial charge in [0.25, 0.3) is 0 Å². The minimum Gasteiger partial charge on any atom is -0.381 e. The van der Waals surface area contributed by atoms with E-state index in [4.69, 9.17) is 9.47 Å². The van der Waals surface area contributed by atoms with Crippen molar-refractivity contribution in [1.82, 2.24) is 0 Å². The van der Waals surface area contributed by atoms with Crippen LogP contribution in [0.4, 0.5) is 11.4 Å². The van der Waals surface area contributed by atoms with Crippen molar-refractivity contribution in [1.29, 1.82) is 0 Å². The Kier molecular flexibility index (Phi) is 6.68. The van der Waals surface area contributed by atoms with Crippen LogP contribution in [0, 0.1) is 5.92 Å². The summed E-state index contributed by atoms with van der Waals surface area (Å²) in [6.07, 6.45) is 0.387. The highest BCUT2D eigenvalue weighted by Crippen LogP contribution is 2.19. The summed E-state index contributed by atoms with van der Waals surface area (Å²) in [5, 5.41) is 2.90. The van der Waals surface area contributed by atoms with Crippen molar-refractivity contribution < 1.29 is 14.3 Å². The van der Waals surface area contributed by atoms with Crippen LogP contribution < -0.4 is 10.2 Å². The van der Waals surface area contributed by atoms with E-state index in [1.54, 1.807) is 0 Å². The molecule has 1 amide bonds. The molecular formula is C17H26N2O3. The van der Waals surface area contributed by atoms with Crippen LogP contribution in [0.3, 0.4) is 0 Å². The summed E-state index contributed by atoms with van der Waals surface area (Å²) in [7, 11) is 0. The van der Waals surface area contributed by atoms with E-state index in [0.29, 0.717) is 25.6 Å². The van der Waals surface area contributed by atoms with Crippen LogP contribution in [0.5, 0.6) is 0 Å². The molecule has 1 heterocycles. The first kappa shape index (κ1) is 16.8. The minimum absolute atomic E-state index is 0.0112. The molecule has 0 aromatic heterocycles. The van der Waals surface area contributed by atoms with E-state index in [0.717, 1.165) is 32.0 Å². The van der Waals surface area contributed by atoms with Gasteiger partial charge in [-0.1, -0.05) is 13.8 Å². The van der Waals surface area contributed by atoms with Gasteiger partial charge in [0.2, 0.25) is 5.91 Å². The molecule has 0 atom stereocenters. The number of anilines is 2. The van der Waals surface area contributed by atoms with Crippen molar-refractivity contribution in [3.05, 3.63) is 24.3 Å². The Morgan fingerprint density at radius 2 is 1.95 bits per heavy atom. The molecule has 0 bridgehead atoms. The maximum atomic E-state index is 11.8. The predicted octanol–water partition coefficient (Wildman–Crippen LogP) is 2.52. The van der Waals surface area contributed by atoms with Gasteiger partial charge >= 0.3 is 0 Å². The molecule has 1 saturated heterocycles. The van der Waals surface area contributed by atoms with Gasteiger partial charge in [-0.15, -0.1) is 0 Å². The zero-order chi connectivity index (χ0) is 15.8. The lowest BCUT2D eigenvalue weighted by Crippen LogP contribution is -2.36. The van der Waals surface area contributed by atoms with Crippen molar-refractivity contribution in [2.24, 2.45) is 5.92 Å². The van der Waals surface area contributed by atoms with Crippen molar-refractivity contribution >= 4 is 17.3 Å². The summed E-state index contributed by atoms with van der Waals surface area (Å²) in [4.78, 5) is 14.1. The maximum Gasteiger partial charge on any atom is 0.226 e. The second-order valence-corrected chi connectivity index (χ2v) is 5.91. The van der Waals surface area contributed by atoms with Crippen LogP contribution in [0.1, 0.15) is 20.3 Å². The molecule has 22 heavy (non-hydrogen) atoms. The standard InChI is InChI=1S/C17H26N2O3/c1-14(2)13-22-10-7-17(20)18-15-3-5-16(6-4-15)19-8-11-21-12-9-19/h3-6,14H,7-13H2,1-2H3,(H,18,20). The van der Waals surface area contributed by atoms with Gasteiger partial charge in [0, 0.05) is 31.1 Å². The molecule has 1 N–H and O–H groups in total. The summed E-state index contributed by atoms with van der Waals surface area (Å²) in [6, 6.07) is 7.96. The average Bonchev–Trinajstić information content (AvgIpc) is 2.53. The quantitative estimate of drug-likeness (QED) is 0.787. The van der Waals surface area contributed by atoms with Crippen LogP contribution in [0.25, 0.3) is 0 Å². The van der Waals surface area contributed by atoms with Crippen LogP contribution in [0.2, 0.25) is 0 Å². The summed E-state index contributed by atoms with van der Waals surface area (Å²) in [5.41, 5.74) is 1.99. The Hall–Kier alpha value is -1.59. The van der Waals surface area contributed by atoms with Gasteiger partial charge < -0.3 is 19.7 Å². The van der Waals surface area contributed by atoms with Crippen molar-refractivity contribution in [2.45, 2.75) is 20.3 Å². The third-order valence-corrected chi connectivity index (χ3v) is 3.45. The van der Waals surface area contributed by atoms with E-state index < -0.39 is 0 Å². The summed E-state index contributed by atoms with van der Waals surface area (Å²) < 4.78 is 10.8. The number of hydrogen-bond acceptors (Lipinski definition) is 4. The number of morpholine rings is 1. The first-order valence-corrected chi connectivity index (χ1v) is 7.95. The fourth-order valence-corrected chi connectivity index (χ4v) is 2.28. The lowest BCUT2D eigenvalue weighted by Gasteiger charge is -2.28. The highest BCUT2D eigenvalue weighted by atomic mass is 16.5. The molecular weight excluding hydrogens is 280 g/mol. The van der Waals surface area contributed by atoms with E-state index in [2.05, 4.69) is 24.1 Å². The van der Waals surface area contributed by atoms with Crippen molar-refractivity contribution in [3.8, 4) is 0 Å². The molecule has 1 aromatic rings. The van der Waals surface area contributed by atoms with Crippen LogP contribution in [0.15, 0.2) is 24.3 Å². The van der Waals surface area contributed by atoms with E-state index in [1.807, 2.05) is 24.3 Å². The number of amides is 1. The van der Waals surface area contributed by atoms with Crippen LogP contribution in [-0.4, -0.2) is 45.4 Å². The van der Waals surface area contributed by atoms with E-state index in [1.165, 1.54) is 5.69 Å². The molecule has 0 spiro atoms. The second kappa shape index (κ2) is 8.76. The zero-order valence-electron chi connectivity index (χ0n) is 13.5. The third-order valence-electron chi connectivity index (χ3n) is 3.45. The van der Waals surface area contributed by atoms with Gasteiger partial charge in [0.05, 0.1) is 26.2 Å². The van der Waals surface area contributed by atoms with Gasteiger partial charge in [-0.05, 0) is 30.2 Å². The number of benzene rings is 1. The van der Waals surface area contributed by atoms with E-state index in [-0.39, 0.29) is 5.91 Å². The summed E-state index contributed by atoms with van der Waals surface area (Å²) >= 11 is 0. The number of hydrogen-bond donors (Lipinski definition) is 1. The number of nitrogens with zero attached hydrogens (tertiary/aromatic N) is 1. The lowest BCUT2D eigenvalue weighted by molar-refractivity contribution is -0.117. The number of ether oxygens (including phenoxy) is 2. The fourth-order valence-electron chi connectivity index (χ4n) is 2.28. The molecule has 1 aromatic carbocycles. The van der Waals surface area contributed by atoms with Gasteiger partial charge in [-0.25, -0.2) is 0 Å². The lowest BCUT2D eigenvalue weighted by atomic mass is 10.2. The Bertz CT molecular complexity index is 453. The SMILES string of the molecule is CC(C)COCCC(=O)Nc1ccc(N2CCOCC2)cc1. The predicted molar refractivity (Wildman–Crippen MR) is 88.4 cm³/mol. The molecule has 0 radical (unpaired) electrons. The molecule has 2 rings (SSSR count). The normalized spacial score (nSPS) is 15.1. The maximum absolute atomic E-state index is 11.8. The highest BCUT2D eigenvalue weighted by molar-refractivity contribution is 5.90. The summed E-state index contributed by atoms with van der Waals surface area (Å²) in [5.74, 6) is 0.485. The number of rotatable bonds is 7. The van der Waals surface area contributed by atoms with Gasteiger partial charge in [-0.2, -0.15) is 0 Å².